The van der Waals surface area contributed by atoms with Gasteiger partial charge in [-0.05, 0) is 37.5 Å². The first-order valence-electron chi connectivity index (χ1n) is 7.61. The second-order valence-electron chi connectivity index (χ2n) is 5.64. The van der Waals surface area contributed by atoms with Crippen molar-refractivity contribution in [1.29, 1.82) is 0 Å². The van der Waals surface area contributed by atoms with Crippen LogP contribution in [-0.2, 0) is 17.6 Å². The minimum Gasteiger partial charge on any atom is -0.505 e. The van der Waals surface area contributed by atoms with Crippen molar-refractivity contribution in [3.8, 4) is 11.5 Å². The van der Waals surface area contributed by atoms with Crippen molar-refractivity contribution in [2.75, 3.05) is 7.11 Å². The van der Waals surface area contributed by atoms with E-state index in [4.69, 9.17) is 4.74 Å². The van der Waals surface area contributed by atoms with Crippen LogP contribution in [0.2, 0.25) is 0 Å². The number of aryl methyl sites for hydroxylation is 1. The van der Waals surface area contributed by atoms with Crippen LogP contribution in [0.3, 0.4) is 0 Å². The molecule has 120 valence electrons. The summed E-state index contributed by atoms with van der Waals surface area (Å²) in [6.45, 7) is 1.84. The number of ether oxygens (including phenoxy) is 2. The molecule has 1 unspecified atom stereocenters. The average Bonchev–Trinajstić information content (AvgIpc) is 2.58. The van der Waals surface area contributed by atoms with Crippen molar-refractivity contribution < 1.29 is 19.4 Å². The van der Waals surface area contributed by atoms with Gasteiger partial charge in [-0.2, -0.15) is 0 Å². The van der Waals surface area contributed by atoms with Crippen LogP contribution in [0.5, 0.6) is 11.5 Å². The summed E-state index contributed by atoms with van der Waals surface area (Å²) in [6.07, 6.45) is 2.12. The summed E-state index contributed by atoms with van der Waals surface area (Å²) in [5, 5.41) is 10.3. The maximum absolute atomic E-state index is 11.7. The third-order valence-corrected chi connectivity index (χ3v) is 4.16. The standard InChI is InChI=1S/C18H19NO4/c1-11-15-10-13(23-12-6-4-3-5-7-12)8-9-14(15)17(20)16(19-11)18(21)22-2/h3-7,13,20H,8-10H2,1-2H3. The van der Waals surface area contributed by atoms with Crippen LogP contribution in [-0.4, -0.2) is 29.3 Å². The Morgan fingerprint density at radius 2 is 2.00 bits per heavy atom. The molecular formula is C18H19NO4. The van der Waals surface area contributed by atoms with E-state index >= 15 is 0 Å². The zero-order valence-electron chi connectivity index (χ0n) is 13.2. The minimum atomic E-state index is -0.615. The molecule has 1 N–H and O–H groups in total. The fraction of sp³-hybridized carbons (Fsp3) is 0.333. The molecule has 1 heterocycles. The van der Waals surface area contributed by atoms with Gasteiger partial charge in [0.25, 0.3) is 0 Å². The van der Waals surface area contributed by atoms with Gasteiger partial charge in [0.05, 0.1) is 7.11 Å². The molecule has 0 fully saturated rings. The Labute approximate surface area is 134 Å². The van der Waals surface area contributed by atoms with Crippen molar-refractivity contribution >= 4 is 5.97 Å². The molecule has 1 atom stereocenters. The fourth-order valence-corrected chi connectivity index (χ4v) is 3.00. The molecule has 5 nitrogen and oxygen atoms in total. The Balaban J connectivity index is 1.87. The Bertz CT molecular complexity index is 728. The molecule has 1 aromatic heterocycles. The Kier molecular flexibility index (Phi) is 4.19. The molecule has 0 aliphatic heterocycles. The van der Waals surface area contributed by atoms with Gasteiger partial charge in [-0.1, -0.05) is 18.2 Å². The highest BCUT2D eigenvalue weighted by atomic mass is 16.5. The molecular weight excluding hydrogens is 294 g/mol. The lowest BCUT2D eigenvalue weighted by Gasteiger charge is -2.27. The van der Waals surface area contributed by atoms with Crippen LogP contribution in [0.4, 0.5) is 0 Å². The molecule has 0 saturated heterocycles. The Morgan fingerprint density at radius 1 is 1.26 bits per heavy atom. The van der Waals surface area contributed by atoms with Crippen molar-refractivity contribution in [3.05, 3.63) is 52.8 Å². The highest BCUT2D eigenvalue weighted by molar-refractivity contribution is 5.91. The number of hydrogen-bond donors (Lipinski definition) is 1. The van der Waals surface area contributed by atoms with Crippen LogP contribution < -0.4 is 4.74 Å². The van der Waals surface area contributed by atoms with E-state index in [0.717, 1.165) is 29.0 Å². The number of carbonyl (C=O) groups is 1. The van der Waals surface area contributed by atoms with Crippen LogP contribution in [0, 0.1) is 6.92 Å². The highest BCUT2D eigenvalue weighted by Gasteiger charge is 2.28. The van der Waals surface area contributed by atoms with E-state index in [-0.39, 0.29) is 17.5 Å². The topological polar surface area (TPSA) is 68.7 Å². The first-order valence-corrected chi connectivity index (χ1v) is 7.61. The number of carbonyl (C=O) groups excluding carboxylic acids is 1. The van der Waals surface area contributed by atoms with Gasteiger partial charge >= 0.3 is 5.97 Å². The quantitative estimate of drug-likeness (QED) is 0.883. The molecule has 0 saturated carbocycles. The minimum absolute atomic E-state index is 0.00817. The highest BCUT2D eigenvalue weighted by Crippen LogP contribution is 2.34. The second-order valence-corrected chi connectivity index (χ2v) is 5.64. The number of methoxy groups -OCH3 is 1. The van der Waals surface area contributed by atoms with Crippen LogP contribution in [0.15, 0.2) is 30.3 Å². The number of pyridine rings is 1. The SMILES string of the molecule is COC(=O)c1nc(C)c2c(c1O)CCC(Oc1ccccc1)C2. The predicted octanol–water partition coefficient (Wildman–Crippen LogP) is 2.82. The number of nitrogens with zero attached hydrogens (tertiary/aromatic N) is 1. The monoisotopic (exact) mass is 313 g/mol. The molecule has 0 radical (unpaired) electrons. The number of esters is 1. The number of benzene rings is 1. The van der Waals surface area contributed by atoms with E-state index < -0.39 is 5.97 Å². The van der Waals surface area contributed by atoms with E-state index in [0.29, 0.717) is 12.8 Å². The second kappa shape index (κ2) is 6.28. The number of fused-ring (bicyclic) bond motifs is 1. The molecule has 5 heteroatoms. The summed E-state index contributed by atoms with van der Waals surface area (Å²) >= 11 is 0. The normalized spacial score (nSPS) is 16.5. The van der Waals surface area contributed by atoms with Gasteiger partial charge in [0.2, 0.25) is 0 Å². The van der Waals surface area contributed by atoms with Gasteiger partial charge in [-0.25, -0.2) is 9.78 Å². The molecule has 3 rings (SSSR count). The van der Waals surface area contributed by atoms with E-state index in [2.05, 4.69) is 9.72 Å². The summed E-state index contributed by atoms with van der Waals surface area (Å²) in [6, 6.07) is 9.68. The zero-order chi connectivity index (χ0) is 16.4. The van der Waals surface area contributed by atoms with E-state index in [1.54, 1.807) is 0 Å². The van der Waals surface area contributed by atoms with Gasteiger partial charge in [-0.3, -0.25) is 0 Å². The van der Waals surface area contributed by atoms with Gasteiger partial charge in [0, 0.05) is 17.7 Å². The lowest BCUT2D eigenvalue weighted by Crippen LogP contribution is -2.27. The van der Waals surface area contributed by atoms with Crippen LogP contribution in [0.25, 0.3) is 0 Å². The summed E-state index contributed by atoms with van der Waals surface area (Å²) in [7, 11) is 1.28. The van der Waals surface area contributed by atoms with E-state index in [9.17, 15) is 9.90 Å². The van der Waals surface area contributed by atoms with Crippen molar-refractivity contribution in [1.82, 2.24) is 4.98 Å². The molecule has 0 amide bonds. The average molecular weight is 313 g/mol. The maximum atomic E-state index is 11.7. The lowest BCUT2D eigenvalue weighted by atomic mass is 9.87. The predicted molar refractivity (Wildman–Crippen MR) is 84.9 cm³/mol. The van der Waals surface area contributed by atoms with Crippen LogP contribution >= 0.6 is 0 Å². The van der Waals surface area contributed by atoms with Gasteiger partial charge < -0.3 is 14.6 Å². The molecule has 1 aromatic carbocycles. The van der Waals surface area contributed by atoms with Crippen molar-refractivity contribution in [2.24, 2.45) is 0 Å². The van der Waals surface area contributed by atoms with Gasteiger partial charge in [0.1, 0.15) is 11.9 Å². The molecule has 23 heavy (non-hydrogen) atoms. The zero-order valence-corrected chi connectivity index (χ0v) is 13.2. The maximum Gasteiger partial charge on any atom is 0.360 e. The Morgan fingerprint density at radius 3 is 2.70 bits per heavy atom. The first-order chi connectivity index (χ1) is 11.1. The molecule has 0 bridgehead atoms. The van der Waals surface area contributed by atoms with E-state index in [1.165, 1.54) is 7.11 Å². The first kappa shape index (κ1) is 15.3. The number of hydrogen-bond acceptors (Lipinski definition) is 5. The van der Waals surface area contributed by atoms with Crippen LogP contribution in [0.1, 0.15) is 33.7 Å². The third kappa shape index (κ3) is 2.99. The molecule has 1 aliphatic rings. The van der Waals surface area contributed by atoms with Gasteiger partial charge in [-0.15, -0.1) is 0 Å². The van der Waals surface area contributed by atoms with E-state index in [1.807, 2.05) is 37.3 Å². The molecule has 1 aliphatic carbocycles. The van der Waals surface area contributed by atoms with Crippen molar-refractivity contribution in [2.45, 2.75) is 32.3 Å². The summed E-state index contributed by atoms with van der Waals surface area (Å²) in [5.74, 6) is 0.161. The molecule has 2 aromatic rings. The smallest absolute Gasteiger partial charge is 0.360 e. The number of rotatable bonds is 3. The third-order valence-electron chi connectivity index (χ3n) is 4.16. The lowest BCUT2D eigenvalue weighted by molar-refractivity contribution is 0.0589. The summed E-state index contributed by atoms with van der Waals surface area (Å²) in [5.41, 5.74) is 2.47. The molecule has 0 spiro atoms. The Hall–Kier alpha value is -2.56. The number of aromatic hydroxyl groups is 1. The van der Waals surface area contributed by atoms with Crippen molar-refractivity contribution in [3.63, 3.8) is 0 Å². The number of aromatic nitrogens is 1. The summed E-state index contributed by atoms with van der Waals surface area (Å²) < 4.78 is 10.7. The number of para-hydroxylation sites is 1. The summed E-state index contributed by atoms with van der Waals surface area (Å²) in [4.78, 5) is 15.9. The fourth-order valence-electron chi connectivity index (χ4n) is 3.00. The van der Waals surface area contributed by atoms with Gasteiger partial charge in [0.15, 0.2) is 11.4 Å². The largest absolute Gasteiger partial charge is 0.505 e.